The third-order valence-electron chi connectivity index (χ3n) is 4.33. The molecule has 0 amide bonds. The van der Waals surface area contributed by atoms with E-state index in [1.165, 1.54) is 28.6 Å². The molecule has 0 fully saturated rings. The van der Waals surface area contributed by atoms with Crippen LogP contribution in [-0.4, -0.2) is 44.0 Å². The number of sulfonamides is 1. The minimum Gasteiger partial charge on any atom is -0.478 e. The van der Waals surface area contributed by atoms with Gasteiger partial charge in [-0.3, -0.25) is 4.90 Å². The van der Waals surface area contributed by atoms with Crippen molar-refractivity contribution in [1.82, 2.24) is 9.62 Å². The molecule has 1 aliphatic heterocycles. The van der Waals surface area contributed by atoms with E-state index in [2.05, 4.69) is 21.1 Å². The van der Waals surface area contributed by atoms with Crippen LogP contribution in [0.4, 0.5) is 0 Å². The van der Waals surface area contributed by atoms with Crippen LogP contribution in [0, 0.1) is 6.92 Å². The topological polar surface area (TPSA) is 86.7 Å². The summed E-state index contributed by atoms with van der Waals surface area (Å²) in [6, 6.07) is 6.25. The van der Waals surface area contributed by atoms with Gasteiger partial charge in [-0.25, -0.2) is 17.9 Å². The molecule has 0 unspecified atom stereocenters. The fraction of sp³-hybridized carbons (Fsp3) is 0.353. The number of fused-ring (bicyclic) bond motifs is 1. The molecular formula is C17H20N2O4S2. The number of carboxylic acids is 1. The standard InChI is InChI=1S/C17H20N2O4S2/c1-12-2-3-13(17(20)21)10-16(12)25(22,23)18-6-8-19-7-4-15-14(11-19)5-9-24-15/h2-3,5,9-10,18H,4,6-8,11H2,1H3,(H,20,21). The lowest BCUT2D eigenvalue weighted by atomic mass is 10.1. The van der Waals surface area contributed by atoms with Gasteiger partial charge in [-0.2, -0.15) is 0 Å². The predicted molar refractivity (Wildman–Crippen MR) is 96.6 cm³/mol. The van der Waals surface area contributed by atoms with Gasteiger partial charge in [-0.05, 0) is 48.1 Å². The molecule has 0 aliphatic carbocycles. The highest BCUT2D eigenvalue weighted by Gasteiger charge is 2.20. The van der Waals surface area contributed by atoms with Crippen LogP contribution in [0.2, 0.25) is 0 Å². The van der Waals surface area contributed by atoms with E-state index < -0.39 is 16.0 Å². The van der Waals surface area contributed by atoms with Crippen LogP contribution >= 0.6 is 11.3 Å². The average molecular weight is 380 g/mol. The van der Waals surface area contributed by atoms with Crippen LogP contribution in [0.1, 0.15) is 26.4 Å². The largest absolute Gasteiger partial charge is 0.478 e. The summed E-state index contributed by atoms with van der Waals surface area (Å²) in [4.78, 5) is 14.7. The number of rotatable bonds is 6. The summed E-state index contributed by atoms with van der Waals surface area (Å²) in [6.45, 7) is 4.32. The van der Waals surface area contributed by atoms with E-state index in [0.717, 1.165) is 19.5 Å². The Kier molecular flexibility index (Phi) is 5.24. The Morgan fingerprint density at radius 1 is 1.36 bits per heavy atom. The van der Waals surface area contributed by atoms with Gasteiger partial charge in [0.25, 0.3) is 0 Å². The maximum Gasteiger partial charge on any atom is 0.335 e. The summed E-state index contributed by atoms with van der Waals surface area (Å²) in [5.41, 5.74) is 1.81. The van der Waals surface area contributed by atoms with Gasteiger partial charge in [-0.1, -0.05) is 6.07 Å². The predicted octanol–water partition coefficient (Wildman–Crippen LogP) is 2.09. The third-order valence-corrected chi connectivity index (χ3v) is 6.96. The highest BCUT2D eigenvalue weighted by Crippen LogP contribution is 2.23. The van der Waals surface area contributed by atoms with Gasteiger partial charge in [0.1, 0.15) is 0 Å². The molecule has 0 bridgehead atoms. The molecule has 1 aromatic carbocycles. The first-order valence-electron chi connectivity index (χ1n) is 7.98. The zero-order chi connectivity index (χ0) is 18.0. The van der Waals surface area contributed by atoms with Crippen molar-refractivity contribution in [3.63, 3.8) is 0 Å². The fourth-order valence-corrected chi connectivity index (χ4v) is 5.12. The van der Waals surface area contributed by atoms with Crippen LogP contribution in [0.15, 0.2) is 34.5 Å². The van der Waals surface area contributed by atoms with E-state index in [1.807, 2.05) is 0 Å². The van der Waals surface area contributed by atoms with E-state index in [-0.39, 0.29) is 10.5 Å². The van der Waals surface area contributed by atoms with Crippen molar-refractivity contribution in [3.05, 3.63) is 51.2 Å². The van der Waals surface area contributed by atoms with Gasteiger partial charge >= 0.3 is 5.97 Å². The van der Waals surface area contributed by atoms with Crippen LogP contribution in [0.3, 0.4) is 0 Å². The number of carbonyl (C=O) groups is 1. The number of hydrogen-bond acceptors (Lipinski definition) is 5. The van der Waals surface area contributed by atoms with Gasteiger partial charge in [0.15, 0.2) is 0 Å². The van der Waals surface area contributed by atoms with Gasteiger partial charge in [-0.15, -0.1) is 11.3 Å². The van der Waals surface area contributed by atoms with Crippen molar-refractivity contribution in [2.24, 2.45) is 0 Å². The van der Waals surface area contributed by atoms with E-state index in [0.29, 0.717) is 18.7 Å². The fourth-order valence-electron chi connectivity index (χ4n) is 2.94. The number of nitrogens with zero attached hydrogens (tertiary/aromatic N) is 1. The van der Waals surface area contributed by atoms with Crippen molar-refractivity contribution in [2.45, 2.75) is 24.8 Å². The van der Waals surface area contributed by atoms with E-state index >= 15 is 0 Å². The van der Waals surface area contributed by atoms with Crippen molar-refractivity contribution in [3.8, 4) is 0 Å². The molecule has 0 atom stereocenters. The molecule has 6 nitrogen and oxygen atoms in total. The van der Waals surface area contributed by atoms with E-state index in [4.69, 9.17) is 5.11 Å². The molecule has 1 aliphatic rings. The molecule has 1 aromatic heterocycles. The molecule has 2 aromatic rings. The van der Waals surface area contributed by atoms with Gasteiger partial charge < -0.3 is 5.11 Å². The molecule has 0 radical (unpaired) electrons. The third kappa shape index (κ3) is 4.09. The lowest BCUT2D eigenvalue weighted by Gasteiger charge is -2.26. The molecule has 2 heterocycles. The Morgan fingerprint density at radius 2 is 2.16 bits per heavy atom. The summed E-state index contributed by atoms with van der Waals surface area (Å²) < 4.78 is 27.6. The number of carboxylic acid groups (broad SMARTS) is 1. The van der Waals surface area contributed by atoms with Crippen LogP contribution in [0.5, 0.6) is 0 Å². The quantitative estimate of drug-likeness (QED) is 0.801. The molecule has 0 spiro atoms. The minimum atomic E-state index is -3.74. The first-order valence-corrected chi connectivity index (χ1v) is 10.3. The summed E-state index contributed by atoms with van der Waals surface area (Å²) >= 11 is 1.77. The zero-order valence-corrected chi connectivity index (χ0v) is 15.5. The summed E-state index contributed by atoms with van der Waals surface area (Å²) in [7, 11) is -3.74. The second-order valence-electron chi connectivity index (χ2n) is 6.08. The van der Waals surface area contributed by atoms with Gasteiger partial charge in [0, 0.05) is 31.1 Å². The normalized spacial score (nSPS) is 15.1. The lowest BCUT2D eigenvalue weighted by Crippen LogP contribution is -2.37. The van der Waals surface area contributed by atoms with Gasteiger partial charge in [0.2, 0.25) is 10.0 Å². The SMILES string of the molecule is Cc1ccc(C(=O)O)cc1S(=O)(=O)NCCN1CCc2sccc2C1. The van der Waals surface area contributed by atoms with Crippen LogP contribution in [0.25, 0.3) is 0 Å². The Morgan fingerprint density at radius 3 is 2.92 bits per heavy atom. The number of thiophene rings is 1. The average Bonchev–Trinajstić information content (AvgIpc) is 3.02. The first-order chi connectivity index (χ1) is 11.9. The highest BCUT2D eigenvalue weighted by molar-refractivity contribution is 7.89. The molecule has 25 heavy (non-hydrogen) atoms. The smallest absolute Gasteiger partial charge is 0.335 e. The number of aromatic carboxylic acids is 1. The second kappa shape index (κ2) is 7.25. The van der Waals surface area contributed by atoms with Gasteiger partial charge in [0.05, 0.1) is 10.5 Å². The zero-order valence-electron chi connectivity index (χ0n) is 13.9. The van der Waals surface area contributed by atoms with Crippen LogP contribution in [-0.2, 0) is 23.0 Å². The van der Waals surface area contributed by atoms with Crippen molar-refractivity contribution in [1.29, 1.82) is 0 Å². The summed E-state index contributed by atoms with van der Waals surface area (Å²) in [6.07, 6.45) is 1.000. The Balaban J connectivity index is 1.63. The molecular weight excluding hydrogens is 360 g/mol. The monoisotopic (exact) mass is 380 g/mol. The molecule has 0 saturated heterocycles. The maximum atomic E-state index is 12.5. The number of benzene rings is 1. The Hall–Kier alpha value is -1.74. The Bertz CT molecular complexity index is 890. The van der Waals surface area contributed by atoms with Crippen molar-refractivity contribution < 1.29 is 18.3 Å². The molecule has 3 rings (SSSR count). The summed E-state index contributed by atoms with van der Waals surface area (Å²) in [5, 5.41) is 11.1. The van der Waals surface area contributed by atoms with Crippen LogP contribution < -0.4 is 4.72 Å². The van der Waals surface area contributed by atoms with Crippen molar-refractivity contribution in [2.75, 3.05) is 19.6 Å². The highest BCUT2D eigenvalue weighted by atomic mass is 32.2. The minimum absolute atomic E-state index is 0.0196. The maximum absolute atomic E-state index is 12.5. The number of aryl methyl sites for hydroxylation is 1. The number of hydrogen-bond donors (Lipinski definition) is 2. The molecule has 134 valence electrons. The van der Waals surface area contributed by atoms with Crippen molar-refractivity contribution >= 4 is 27.3 Å². The first kappa shape index (κ1) is 18.1. The summed E-state index contributed by atoms with van der Waals surface area (Å²) in [5.74, 6) is -1.14. The molecule has 0 saturated carbocycles. The van der Waals surface area contributed by atoms with E-state index in [9.17, 15) is 13.2 Å². The Labute approximate surface area is 151 Å². The molecule has 2 N–H and O–H groups in total. The molecule has 8 heteroatoms. The lowest BCUT2D eigenvalue weighted by molar-refractivity contribution is 0.0696. The van der Waals surface area contributed by atoms with E-state index in [1.54, 1.807) is 18.3 Å². The second-order valence-corrected chi connectivity index (χ2v) is 8.81. The number of nitrogens with one attached hydrogen (secondary N) is 1.